The monoisotopic (exact) mass is 531 g/mol. The molecule has 0 saturated carbocycles. The molecule has 0 bridgehead atoms. The van der Waals surface area contributed by atoms with Crippen molar-refractivity contribution in [1.82, 2.24) is 14.0 Å². The van der Waals surface area contributed by atoms with Gasteiger partial charge in [-0.3, -0.25) is 4.79 Å². The second-order valence-electron chi connectivity index (χ2n) is 7.61. The van der Waals surface area contributed by atoms with Gasteiger partial charge in [-0.1, -0.05) is 33.6 Å². The van der Waals surface area contributed by atoms with Crippen molar-refractivity contribution < 1.29 is 18.0 Å². The van der Waals surface area contributed by atoms with Gasteiger partial charge < -0.3 is 8.97 Å². The van der Waals surface area contributed by atoms with Crippen LogP contribution in [0.1, 0.15) is 21.9 Å². The molecule has 0 radical (unpaired) electrons. The second kappa shape index (κ2) is 7.74. The Bertz CT molecular complexity index is 1600. The van der Waals surface area contributed by atoms with Crippen LogP contribution >= 0.6 is 27.5 Å². The summed E-state index contributed by atoms with van der Waals surface area (Å²) in [5.41, 5.74) is 3.47. The molecule has 0 amide bonds. The zero-order valence-corrected chi connectivity index (χ0v) is 19.6. The molecule has 5 aromatic rings. The number of fused-ring (bicyclic) bond motifs is 2. The third-order valence-electron chi connectivity index (χ3n) is 5.73. The highest BCUT2D eigenvalue weighted by Crippen LogP contribution is 2.42. The SMILES string of the molecule is Cc1nc2c(Cl)c(-c3cccn4c(C(=O)c5cc(F)c(F)c(F)c5)ccc34)c(Br)cc2n1C. The highest BCUT2D eigenvalue weighted by Gasteiger charge is 2.22. The highest BCUT2D eigenvalue weighted by molar-refractivity contribution is 9.10. The topological polar surface area (TPSA) is 39.3 Å². The fraction of sp³-hybridized carbons (Fsp3) is 0.0833. The van der Waals surface area contributed by atoms with Crippen molar-refractivity contribution in [1.29, 1.82) is 0 Å². The van der Waals surface area contributed by atoms with Gasteiger partial charge in [-0.05, 0) is 43.3 Å². The number of aromatic nitrogens is 3. The highest BCUT2D eigenvalue weighted by atomic mass is 79.9. The van der Waals surface area contributed by atoms with E-state index in [4.69, 9.17) is 11.6 Å². The van der Waals surface area contributed by atoms with Gasteiger partial charge in [0.25, 0.3) is 0 Å². The maximum Gasteiger partial charge on any atom is 0.209 e. The van der Waals surface area contributed by atoms with E-state index in [1.807, 2.05) is 30.7 Å². The third kappa shape index (κ3) is 3.28. The first-order valence-corrected chi connectivity index (χ1v) is 11.0. The molecule has 5 rings (SSSR count). The van der Waals surface area contributed by atoms with Crippen molar-refractivity contribution in [2.45, 2.75) is 6.92 Å². The predicted molar refractivity (Wildman–Crippen MR) is 124 cm³/mol. The number of aryl methyl sites for hydroxylation is 2. The Labute approximate surface area is 199 Å². The van der Waals surface area contributed by atoms with E-state index >= 15 is 0 Å². The quantitative estimate of drug-likeness (QED) is 0.188. The number of rotatable bonds is 3. The zero-order chi connectivity index (χ0) is 23.6. The molecular weight excluding hydrogens is 519 g/mol. The molecule has 0 fully saturated rings. The van der Waals surface area contributed by atoms with E-state index in [-0.39, 0.29) is 11.3 Å². The molecule has 4 nitrogen and oxygen atoms in total. The molecule has 0 spiro atoms. The van der Waals surface area contributed by atoms with Gasteiger partial charge >= 0.3 is 0 Å². The Morgan fingerprint density at radius 3 is 2.45 bits per heavy atom. The molecule has 0 aliphatic carbocycles. The van der Waals surface area contributed by atoms with E-state index < -0.39 is 23.2 Å². The largest absolute Gasteiger partial charge is 0.331 e. The fourth-order valence-electron chi connectivity index (χ4n) is 3.99. The summed E-state index contributed by atoms with van der Waals surface area (Å²) < 4.78 is 45.0. The maximum atomic E-state index is 13.7. The van der Waals surface area contributed by atoms with Gasteiger partial charge in [-0.15, -0.1) is 0 Å². The summed E-state index contributed by atoms with van der Waals surface area (Å²) in [5, 5.41) is 0.452. The van der Waals surface area contributed by atoms with Crippen molar-refractivity contribution in [2.75, 3.05) is 0 Å². The summed E-state index contributed by atoms with van der Waals surface area (Å²) in [4.78, 5) is 17.6. The molecular formula is C24H14BrClF3N3O. The minimum Gasteiger partial charge on any atom is -0.331 e. The molecule has 2 aromatic carbocycles. The summed E-state index contributed by atoms with van der Waals surface area (Å²) >= 11 is 10.4. The molecule has 0 atom stereocenters. The molecule has 0 unspecified atom stereocenters. The van der Waals surface area contributed by atoms with Crippen LogP contribution in [0.25, 0.3) is 27.7 Å². The second-order valence-corrected chi connectivity index (χ2v) is 8.84. The normalized spacial score (nSPS) is 11.6. The van der Waals surface area contributed by atoms with E-state index in [0.717, 1.165) is 21.4 Å². The van der Waals surface area contributed by atoms with Gasteiger partial charge in [0.2, 0.25) is 5.78 Å². The van der Waals surface area contributed by atoms with Crippen LogP contribution in [0.4, 0.5) is 13.2 Å². The minimum atomic E-state index is -1.62. The predicted octanol–water partition coefficient (Wildman–Crippen LogP) is 6.87. The lowest BCUT2D eigenvalue weighted by atomic mass is 10.0. The number of hydrogen-bond donors (Lipinski definition) is 0. The Morgan fingerprint density at radius 2 is 1.76 bits per heavy atom. The number of nitrogens with zero attached hydrogens (tertiary/aromatic N) is 3. The number of imidazole rings is 1. The maximum absolute atomic E-state index is 13.7. The molecule has 166 valence electrons. The lowest BCUT2D eigenvalue weighted by molar-refractivity contribution is 0.103. The lowest BCUT2D eigenvalue weighted by Gasteiger charge is -2.12. The lowest BCUT2D eigenvalue weighted by Crippen LogP contribution is -2.07. The molecule has 9 heteroatoms. The first kappa shape index (κ1) is 21.7. The molecule has 3 heterocycles. The van der Waals surface area contributed by atoms with Crippen molar-refractivity contribution in [3.63, 3.8) is 0 Å². The van der Waals surface area contributed by atoms with Gasteiger partial charge in [0.05, 0.1) is 21.7 Å². The van der Waals surface area contributed by atoms with E-state index in [9.17, 15) is 18.0 Å². The van der Waals surface area contributed by atoms with Gasteiger partial charge in [-0.2, -0.15) is 0 Å². The molecule has 0 N–H and O–H groups in total. The number of ketones is 1. The van der Waals surface area contributed by atoms with Crippen LogP contribution in [0, 0.1) is 24.4 Å². The van der Waals surface area contributed by atoms with Gasteiger partial charge in [0, 0.05) is 34.4 Å². The number of benzene rings is 2. The third-order valence-corrected chi connectivity index (χ3v) is 6.73. The van der Waals surface area contributed by atoms with Crippen molar-refractivity contribution in [2.24, 2.45) is 7.05 Å². The van der Waals surface area contributed by atoms with Crippen molar-refractivity contribution in [3.8, 4) is 11.1 Å². The number of carbonyl (C=O) groups excluding carboxylic acids is 1. The molecule has 0 saturated heterocycles. The van der Waals surface area contributed by atoms with E-state index in [1.165, 1.54) is 0 Å². The number of carbonyl (C=O) groups is 1. The fourth-order valence-corrected chi connectivity index (χ4v) is 5.07. The summed E-state index contributed by atoms with van der Waals surface area (Å²) in [6.07, 6.45) is 1.66. The summed E-state index contributed by atoms with van der Waals surface area (Å²) in [5.74, 6) is -4.30. The minimum absolute atomic E-state index is 0.166. The summed E-state index contributed by atoms with van der Waals surface area (Å²) in [6.45, 7) is 1.89. The Balaban J connectivity index is 1.70. The van der Waals surface area contributed by atoms with Crippen LogP contribution in [-0.4, -0.2) is 19.7 Å². The summed E-state index contributed by atoms with van der Waals surface area (Å²) in [6, 6.07) is 10.2. The first-order valence-electron chi connectivity index (χ1n) is 9.79. The molecule has 33 heavy (non-hydrogen) atoms. The van der Waals surface area contributed by atoms with Crippen LogP contribution in [0.2, 0.25) is 5.02 Å². The number of pyridine rings is 1. The Kier molecular flexibility index (Phi) is 5.10. The first-order chi connectivity index (χ1) is 15.7. The van der Waals surface area contributed by atoms with E-state index in [0.29, 0.717) is 33.8 Å². The zero-order valence-electron chi connectivity index (χ0n) is 17.3. The van der Waals surface area contributed by atoms with Gasteiger partial charge in [0.15, 0.2) is 17.5 Å². The van der Waals surface area contributed by atoms with Crippen molar-refractivity contribution >= 4 is 49.9 Å². The average molecular weight is 533 g/mol. The van der Waals surface area contributed by atoms with Crippen LogP contribution < -0.4 is 0 Å². The number of hydrogen-bond acceptors (Lipinski definition) is 2. The van der Waals surface area contributed by atoms with Crippen LogP contribution in [0.15, 0.2) is 53.1 Å². The number of halogens is 5. The van der Waals surface area contributed by atoms with E-state index in [1.54, 1.807) is 28.8 Å². The molecule has 0 aliphatic rings. The molecule has 3 aromatic heterocycles. The summed E-state index contributed by atoms with van der Waals surface area (Å²) in [7, 11) is 1.90. The van der Waals surface area contributed by atoms with E-state index in [2.05, 4.69) is 20.9 Å². The van der Waals surface area contributed by atoms with Crippen molar-refractivity contribution in [3.05, 3.63) is 92.7 Å². The molecule has 0 aliphatic heterocycles. The smallest absolute Gasteiger partial charge is 0.209 e. The van der Waals surface area contributed by atoms with Gasteiger partial charge in [-0.25, -0.2) is 18.2 Å². The van der Waals surface area contributed by atoms with Crippen LogP contribution in [0.5, 0.6) is 0 Å². The Hall–Kier alpha value is -3.10. The van der Waals surface area contributed by atoms with Crippen LogP contribution in [-0.2, 0) is 7.05 Å². The average Bonchev–Trinajstić information content (AvgIpc) is 3.34. The Morgan fingerprint density at radius 1 is 1.06 bits per heavy atom. The van der Waals surface area contributed by atoms with Crippen LogP contribution in [0.3, 0.4) is 0 Å². The standard InChI is InChI=1S/C24H14BrClF3N3O/c1-11-30-23-19(31(11)2)10-14(25)20(21(23)26)13-4-3-7-32-17(13)5-6-18(32)24(33)12-8-15(27)22(29)16(28)9-12/h3-10H,1-2H3. The van der Waals surface area contributed by atoms with Gasteiger partial charge in [0.1, 0.15) is 11.3 Å².